The minimum absolute atomic E-state index is 0.214. The molecule has 0 radical (unpaired) electrons. The number of hydrogen-bond donors (Lipinski definition) is 0. The Bertz CT molecular complexity index is 724. The van der Waals surface area contributed by atoms with E-state index in [0.717, 1.165) is 30.4 Å². The highest BCUT2D eigenvalue weighted by Crippen LogP contribution is 2.28. The molecule has 0 aliphatic heterocycles. The van der Waals surface area contributed by atoms with E-state index in [-0.39, 0.29) is 5.97 Å². The van der Waals surface area contributed by atoms with Crippen LogP contribution in [0.4, 0.5) is 0 Å². The third-order valence-electron chi connectivity index (χ3n) is 4.20. The standard InChI is InChI=1S/C20H20O2/c1-14-6-8-16(9-7-14)17-11-10-15-4-3-5-18(20(21)22-2)13-19(15)12-17/h6-13H,3-5H2,1-2H3. The van der Waals surface area contributed by atoms with E-state index < -0.39 is 0 Å². The number of carbonyl (C=O) groups excluding carboxylic acids is 1. The molecule has 0 amide bonds. The molecule has 1 aliphatic rings. The van der Waals surface area contributed by atoms with Crippen molar-refractivity contribution in [1.29, 1.82) is 0 Å². The average molecular weight is 292 g/mol. The van der Waals surface area contributed by atoms with Gasteiger partial charge in [0.1, 0.15) is 0 Å². The Morgan fingerprint density at radius 2 is 1.73 bits per heavy atom. The van der Waals surface area contributed by atoms with Gasteiger partial charge >= 0.3 is 5.97 Å². The monoisotopic (exact) mass is 292 g/mol. The summed E-state index contributed by atoms with van der Waals surface area (Å²) in [6, 6.07) is 15.0. The number of methoxy groups -OCH3 is 1. The molecule has 22 heavy (non-hydrogen) atoms. The highest BCUT2D eigenvalue weighted by Gasteiger charge is 2.15. The minimum atomic E-state index is -0.214. The number of rotatable bonds is 2. The molecule has 2 aromatic carbocycles. The Morgan fingerprint density at radius 1 is 1.00 bits per heavy atom. The van der Waals surface area contributed by atoms with Gasteiger partial charge in [-0.25, -0.2) is 4.79 Å². The lowest BCUT2D eigenvalue weighted by Crippen LogP contribution is -2.03. The van der Waals surface area contributed by atoms with Crippen molar-refractivity contribution in [3.8, 4) is 11.1 Å². The summed E-state index contributed by atoms with van der Waals surface area (Å²) in [7, 11) is 1.44. The predicted molar refractivity (Wildman–Crippen MR) is 89.5 cm³/mol. The third-order valence-corrected chi connectivity index (χ3v) is 4.20. The number of benzene rings is 2. The molecule has 0 aromatic heterocycles. The Morgan fingerprint density at radius 3 is 2.45 bits per heavy atom. The van der Waals surface area contributed by atoms with Crippen molar-refractivity contribution in [2.24, 2.45) is 0 Å². The summed E-state index contributed by atoms with van der Waals surface area (Å²) in [6.45, 7) is 2.09. The van der Waals surface area contributed by atoms with E-state index in [1.165, 1.54) is 29.4 Å². The van der Waals surface area contributed by atoms with Crippen LogP contribution in [0.25, 0.3) is 17.2 Å². The number of fused-ring (bicyclic) bond motifs is 1. The van der Waals surface area contributed by atoms with Gasteiger partial charge in [0.2, 0.25) is 0 Å². The molecule has 0 N–H and O–H groups in total. The van der Waals surface area contributed by atoms with Crippen molar-refractivity contribution < 1.29 is 9.53 Å². The largest absolute Gasteiger partial charge is 0.466 e. The quantitative estimate of drug-likeness (QED) is 0.759. The molecule has 2 heteroatoms. The highest BCUT2D eigenvalue weighted by atomic mass is 16.5. The Labute approximate surface area is 131 Å². The number of ether oxygens (including phenoxy) is 1. The second-order valence-electron chi connectivity index (χ2n) is 5.79. The summed E-state index contributed by atoms with van der Waals surface area (Å²) in [5.41, 5.74) is 6.84. The van der Waals surface area contributed by atoms with Crippen molar-refractivity contribution in [2.45, 2.75) is 26.2 Å². The fourth-order valence-corrected chi connectivity index (χ4v) is 2.90. The van der Waals surface area contributed by atoms with Gasteiger partial charge in [-0.2, -0.15) is 0 Å². The van der Waals surface area contributed by atoms with Crippen LogP contribution in [-0.2, 0) is 16.0 Å². The van der Waals surface area contributed by atoms with Gasteiger partial charge in [0.15, 0.2) is 0 Å². The molecule has 0 fully saturated rings. The van der Waals surface area contributed by atoms with Crippen molar-refractivity contribution in [1.82, 2.24) is 0 Å². The number of hydrogen-bond acceptors (Lipinski definition) is 2. The maximum Gasteiger partial charge on any atom is 0.333 e. The van der Waals surface area contributed by atoms with Gasteiger partial charge in [-0.05, 0) is 60.6 Å². The molecule has 0 bridgehead atoms. The van der Waals surface area contributed by atoms with E-state index in [2.05, 4.69) is 49.4 Å². The fraction of sp³-hybridized carbons (Fsp3) is 0.250. The van der Waals surface area contributed by atoms with Gasteiger partial charge in [0, 0.05) is 5.57 Å². The molecule has 0 spiro atoms. The zero-order valence-corrected chi connectivity index (χ0v) is 13.1. The molecule has 2 nitrogen and oxygen atoms in total. The average Bonchev–Trinajstić information content (AvgIpc) is 2.76. The molecule has 3 rings (SSSR count). The fourth-order valence-electron chi connectivity index (χ4n) is 2.90. The maximum atomic E-state index is 11.8. The van der Waals surface area contributed by atoms with E-state index in [1.807, 2.05) is 6.08 Å². The van der Waals surface area contributed by atoms with Crippen molar-refractivity contribution in [3.05, 3.63) is 64.7 Å². The minimum Gasteiger partial charge on any atom is -0.466 e. The first kappa shape index (κ1) is 14.6. The Balaban J connectivity index is 2.03. The molecule has 0 unspecified atom stereocenters. The van der Waals surface area contributed by atoms with Crippen LogP contribution in [-0.4, -0.2) is 13.1 Å². The van der Waals surface area contributed by atoms with E-state index in [9.17, 15) is 4.79 Å². The summed E-state index contributed by atoms with van der Waals surface area (Å²) in [6.07, 6.45) is 4.76. The summed E-state index contributed by atoms with van der Waals surface area (Å²) < 4.78 is 4.88. The summed E-state index contributed by atoms with van der Waals surface area (Å²) in [5.74, 6) is -0.214. The van der Waals surface area contributed by atoms with Crippen LogP contribution >= 0.6 is 0 Å². The van der Waals surface area contributed by atoms with Gasteiger partial charge < -0.3 is 4.74 Å². The van der Waals surface area contributed by atoms with Crippen LogP contribution in [0, 0.1) is 6.92 Å². The lowest BCUT2D eigenvalue weighted by Gasteiger charge is -2.08. The topological polar surface area (TPSA) is 26.3 Å². The molecule has 0 saturated heterocycles. The summed E-state index contributed by atoms with van der Waals surface area (Å²) in [4.78, 5) is 11.8. The summed E-state index contributed by atoms with van der Waals surface area (Å²) in [5, 5.41) is 0. The maximum absolute atomic E-state index is 11.8. The first-order valence-corrected chi connectivity index (χ1v) is 7.66. The van der Waals surface area contributed by atoms with Crippen LogP contribution in [0.15, 0.2) is 48.0 Å². The zero-order valence-electron chi connectivity index (χ0n) is 13.1. The second-order valence-corrected chi connectivity index (χ2v) is 5.79. The Hall–Kier alpha value is -2.35. The molecule has 1 aliphatic carbocycles. The molecule has 0 heterocycles. The first-order valence-electron chi connectivity index (χ1n) is 7.66. The second kappa shape index (κ2) is 6.18. The number of carbonyl (C=O) groups is 1. The lowest BCUT2D eigenvalue weighted by molar-refractivity contribution is -0.136. The lowest BCUT2D eigenvalue weighted by atomic mass is 9.97. The molecule has 0 atom stereocenters. The van der Waals surface area contributed by atoms with Crippen LogP contribution in [0.2, 0.25) is 0 Å². The number of aryl methyl sites for hydroxylation is 2. The van der Waals surface area contributed by atoms with Crippen LogP contribution in [0.3, 0.4) is 0 Å². The van der Waals surface area contributed by atoms with Gasteiger partial charge in [-0.15, -0.1) is 0 Å². The highest BCUT2D eigenvalue weighted by molar-refractivity contribution is 5.94. The van der Waals surface area contributed by atoms with Crippen molar-refractivity contribution >= 4 is 12.0 Å². The Kier molecular flexibility index (Phi) is 4.10. The molecule has 112 valence electrons. The van der Waals surface area contributed by atoms with Gasteiger partial charge in [0.25, 0.3) is 0 Å². The SMILES string of the molecule is COC(=O)C1=Cc2cc(-c3ccc(C)cc3)ccc2CCC1. The normalized spacial score (nSPS) is 13.8. The third kappa shape index (κ3) is 2.96. The smallest absolute Gasteiger partial charge is 0.333 e. The molecular formula is C20H20O2. The van der Waals surface area contributed by atoms with Gasteiger partial charge in [-0.3, -0.25) is 0 Å². The molecule has 2 aromatic rings. The van der Waals surface area contributed by atoms with E-state index >= 15 is 0 Å². The van der Waals surface area contributed by atoms with Crippen molar-refractivity contribution in [3.63, 3.8) is 0 Å². The van der Waals surface area contributed by atoms with Crippen LogP contribution in [0.1, 0.15) is 29.5 Å². The summed E-state index contributed by atoms with van der Waals surface area (Å²) >= 11 is 0. The van der Waals surface area contributed by atoms with E-state index in [4.69, 9.17) is 4.74 Å². The molecular weight excluding hydrogens is 272 g/mol. The first-order chi connectivity index (χ1) is 10.7. The number of esters is 1. The van der Waals surface area contributed by atoms with Gasteiger partial charge in [0.05, 0.1) is 7.11 Å². The van der Waals surface area contributed by atoms with Crippen LogP contribution < -0.4 is 0 Å². The van der Waals surface area contributed by atoms with Crippen molar-refractivity contribution in [2.75, 3.05) is 7.11 Å². The van der Waals surface area contributed by atoms with E-state index in [0.29, 0.717) is 0 Å². The molecule has 0 saturated carbocycles. The van der Waals surface area contributed by atoms with E-state index in [1.54, 1.807) is 0 Å². The van der Waals surface area contributed by atoms with Gasteiger partial charge in [-0.1, -0.05) is 42.0 Å². The zero-order chi connectivity index (χ0) is 15.5. The van der Waals surface area contributed by atoms with Crippen LogP contribution in [0.5, 0.6) is 0 Å². The predicted octanol–water partition coefficient (Wildman–Crippen LogP) is 4.55.